The molecule has 0 spiro atoms. The van der Waals surface area contributed by atoms with E-state index in [1.54, 1.807) is 25.5 Å². The van der Waals surface area contributed by atoms with Gasteiger partial charge in [0.2, 0.25) is 5.91 Å². The third-order valence-electron chi connectivity index (χ3n) is 4.96. The minimum Gasteiger partial charge on any atom is -0.342 e. The van der Waals surface area contributed by atoms with Crippen molar-refractivity contribution in [3.63, 3.8) is 0 Å². The van der Waals surface area contributed by atoms with E-state index in [4.69, 9.17) is 4.98 Å². The second-order valence-corrected chi connectivity index (χ2v) is 6.75. The Morgan fingerprint density at radius 2 is 1.96 bits per heavy atom. The molecule has 0 saturated carbocycles. The van der Waals surface area contributed by atoms with Gasteiger partial charge in [-0.25, -0.2) is 9.97 Å². The van der Waals surface area contributed by atoms with Gasteiger partial charge >= 0.3 is 0 Å². The molecule has 1 aliphatic heterocycles. The number of hydrogen-bond donors (Lipinski definition) is 0. The normalized spacial score (nSPS) is 16.9. The van der Waals surface area contributed by atoms with Crippen LogP contribution in [0.5, 0.6) is 0 Å². The van der Waals surface area contributed by atoms with Crippen LogP contribution in [-0.4, -0.2) is 43.8 Å². The molecule has 0 radical (unpaired) electrons. The lowest BCUT2D eigenvalue weighted by atomic mass is 9.90. The highest BCUT2D eigenvalue weighted by molar-refractivity contribution is 5.73. The second-order valence-electron chi connectivity index (χ2n) is 6.75. The van der Waals surface area contributed by atoms with Crippen LogP contribution in [0.2, 0.25) is 0 Å². The fourth-order valence-corrected chi connectivity index (χ4v) is 3.56. The van der Waals surface area contributed by atoms with Crippen LogP contribution in [0.3, 0.4) is 0 Å². The molecule has 136 valence electrons. The zero-order chi connectivity index (χ0) is 18.6. The molecule has 3 aromatic heterocycles. The molecule has 1 amide bonds. The van der Waals surface area contributed by atoms with Crippen molar-refractivity contribution in [2.24, 2.45) is 0 Å². The van der Waals surface area contributed by atoms with Gasteiger partial charge in [-0.15, -0.1) is 0 Å². The first kappa shape index (κ1) is 17.3. The van der Waals surface area contributed by atoms with Crippen LogP contribution in [-0.2, 0) is 4.79 Å². The van der Waals surface area contributed by atoms with Crippen LogP contribution in [0.4, 0.5) is 0 Å². The topological polar surface area (TPSA) is 71.9 Å². The summed E-state index contributed by atoms with van der Waals surface area (Å²) in [5.41, 5.74) is 3.75. The quantitative estimate of drug-likeness (QED) is 0.717. The highest BCUT2D eigenvalue weighted by Crippen LogP contribution is 2.33. The third kappa shape index (κ3) is 3.69. The van der Waals surface area contributed by atoms with Gasteiger partial charge in [-0.2, -0.15) is 0 Å². The molecule has 27 heavy (non-hydrogen) atoms. The molecular weight excluding hydrogens is 338 g/mol. The Morgan fingerprint density at radius 1 is 1.11 bits per heavy atom. The molecule has 0 N–H and O–H groups in total. The summed E-state index contributed by atoms with van der Waals surface area (Å²) in [5.74, 6) is 0.906. The van der Waals surface area contributed by atoms with E-state index in [2.05, 4.69) is 15.0 Å². The number of carbonyl (C=O) groups is 1. The maximum absolute atomic E-state index is 11.9. The number of amides is 1. The van der Waals surface area contributed by atoms with E-state index in [1.807, 2.05) is 41.4 Å². The summed E-state index contributed by atoms with van der Waals surface area (Å²) in [5, 5.41) is 0. The Morgan fingerprint density at radius 3 is 2.70 bits per heavy atom. The number of hydrogen-bond acceptors (Lipinski definition) is 5. The minimum absolute atomic E-state index is 0.115. The van der Waals surface area contributed by atoms with E-state index in [1.165, 1.54) is 0 Å². The lowest BCUT2D eigenvalue weighted by Crippen LogP contribution is -2.38. The third-order valence-corrected chi connectivity index (χ3v) is 4.96. The average molecular weight is 359 g/mol. The summed E-state index contributed by atoms with van der Waals surface area (Å²) in [4.78, 5) is 31.8. The summed E-state index contributed by atoms with van der Waals surface area (Å²) < 4.78 is 0. The van der Waals surface area contributed by atoms with Crippen LogP contribution in [0.1, 0.15) is 31.4 Å². The monoisotopic (exact) mass is 359 g/mol. The maximum Gasteiger partial charge on any atom is 0.219 e. The molecule has 0 bridgehead atoms. The number of piperidine rings is 1. The van der Waals surface area contributed by atoms with Crippen molar-refractivity contribution in [1.29, 1.82) is 0 Å². The first-order chi connectivity index (χ1) is 13.2. The zero-order valence-electron chi connectivity index (χ0n) is 15.2. The van der Waals surface area contributed by atoms with E-state index in [-0.39, 0.29) is 11.8 Å². The van der Waals surface area contributed by atoms with E-state index >= 15 is 0 Å². The lowest BCUT2D eigenvalue weighted by molar-refractivity contribution is -0.130. The van der Waals surface area contributed by atoms with Gasteiger partial charge in [0.25, 0.3) is 0 Å². The molecule has 3 aromatic rings. The summed E-state index contributed by atoms with van der Waals surface area (Å²) in [6, 6.07) is 9.65. The van der Waals surface area contributed by atoms with Gasteiger partial charge in [-0.3, -0.25) is 14.8 Å². The van der Waals surface area contributed by atoms with E-state index in [0.717, 1.165) is 41.9 Å². The lowest BCUT2D eigenvalue weighted by Gasteiger charge is -2.32. The Bertz CT molecular complexity index is 930. The molecule has 6 nitrogen and oxygen atoms in total. The predicted molar refractivity (Wildman–Crippen MR) is 103 cm³/mol. The fourth-order valence-electron chi connectivity index (χ4n) is 3.56. The number of rotatable bonds is 3. The molecule has 4 heterocycles. The van der Waals surface area contributed by atoms with Crippen molar-refractivity contribution in [3.05, 3.63) is 60.8 Å². The van der Waals surface area contributed by atoms with Gasteiger partial charge in [-0.1, -0.05) is 6.07 Å². The van der Waals surface area contributed by atoms with Crippen LogP contribution >= 0.6 is 0 Å². The molecule has 1 atom stereocenters. The van der Waals surface area contributed by atoms with E-state index in [0.29, 0.717) is 12.4 Å². The standard InChI is InChI=1S/C21H21N5O/c1-15(27)26-12-4-5-17(14-26)20-18(16-7-10-22-11-8-16)13-24-21(25-20)19-6-2-3-9-23-19/h2-3,6-11,13,17H,4-5,12,14H2,1H3/t17-/m1/s1. The number of carbonyl (C=O) groups excluding carboxylic acids is 1. The van der Waals surface area contributed by atoms with Gasteiger partial charge in [0.15, 0.2) is 5.82 Å². The SMILES string of the molecule is CC(=O)N1CCC[C@@H](c2nc(-c3ccccn3)ncc2-c2ccncc2)C1. The Labute approximate surface area is 158 Å². The number of aromatic nitrogens is 4. The van der Waals surface area contributed by atoms with Crippen molar-refractivity contribution in [2.75, 3.05) is 13.1 Å². The van der Waals surface area contributed by atoms with Crippen molar-refractivity contribution < 1.29 is 4.79 Å². The van der Waals surface area contributed by atoms with Gasteiger partial charge in [0, 0.05) is 56.3 Å². The molecule has 4 rings (SSSR count). The van der Waals surface area contributed by atoms with Crippen LogP contribution in [0.15, 0.2) is 55.1 Å². The minimum atomic E-state index is 0.115. The van der Waals surface area contributed by atoms with Crippen LogP contribution in [0, 0.1) is 0 Å². The summed E-state index contributed by atoms with van der Waals surface area (Å²) in [6.45, 7) is 3.13. The summed E-state index contributed by atoms with van der Waals surface area (Å²) in [7, 11) is 0. The Hall–Kier alpha value is -3.15. The zero-order valence-corrected chi connectivity index (χ0v) is 15.2. The number of likely N-dealkylation sites (tertiary alicyclic amines) is 1. The van der Waals surface area contributed by atoms with Gasteiger partial charge in [0.05, 0.1) is 5.69 Å². The predicted octanol–water partition coefficient (Wildman–Crippen LogP) is 3.33. The van der Waals surface area contributed by atoms with Gasteiger partial charge in [0.1, 0.15) is 5.69 Å². The van der Waals surface area contributed by atoms with Crippen LogP contribution < -0.4 is 0 Å². The summed E-state index contributed by atoms with van der Waals surface area (Å²) in [6.07, 6.45) is 9.13. The van der Waals surface area contributed by atoms with Crippen molar-refractivity contribution in [1.82, 2.24) is 24.8 Å². The molecule has 0 unspecified atom stereocenters. The van der Waals surface area contributed by atoms with Gasteiger partial charge in [-0.05, 0) is 42.7 Å². The second kappa shape index (κ2) is 7.61. The molecule has 1 saturated heterocycles. The first-order valence-corrected chi connectivity index (χ1v) is 9.16. The summed E-state index contributed by atoms with van der Waals surface area (Å²) >= 11 is 0. The highest BCUT2D eigenvalue weighted by Gasteiger charge is 2.27. The van der Waals surface area contributed by atoms with Gasteiger partial charge < -0.3 is 4.90 Å². The molecule has 1 fully saturated rings. The molecule has 0 aliphatic carbocycles. The van der Waals surface area contributed by atoms with E-state index < -0.39 is 0 Å². The molecule has 6 heteroatoms. The van der Waals surface area contributed by atoms with Crippen LogP contribution in [0.25, 0.3) is 22.6 Å². The first-order valence-electron chi connectivity index (χ1n) is 9.16. The number of nitrogens with zero attached hydrogens (tertiary/aromatic N) is 5. The molecule has 0 aromatic carbocycles. The largest absolute Gasteiger partial charge is 0.342 e. The van der Waals surface area contributed by atoms with Crippen molar-refractivity contribution in [2.45, 2.75) is 25.7 Å². The molecule has 1 aliphatic rings. The fraction of sp³-hybridized carbons (Fsp3) is 0.286. The maximum atomic E-state index is 11.9. The average Bonchev–Trinajstić information content (AvgIpc) is 2.74. The Balaban J connectivity index is 1.79. The smallest absolute Gasteiger partial charge is 0.219 e. The highest BCUT2D eigenvalue weighted by atomic mass is 16.2. The molecular formula is C21H21N5O. The van der Waals surface area contributed by atoms with E-state index in [9.17, 15) is 4.79 Å². The van der Waals surface area contributed by atoms with Crippen molar-refractivity contribution >= 4 is 5.91 Å². The van der Waals surface area contributed by atoms with Crippen molar-refractivity contribution in [3.8, 4) is 22.6 Å². The Kier molecular flexibility index (Phi) is 4.87. The number of pyridine rings is 2.